The van der Waals surface area contributed by atoms with Crippen LogP contribution in [0.25, 0.3) is 5.57 Å². The van der Waals surface area contributed by atoms with Gasteiger partial charge in [0, 0.05) is 18.8 Å². The number of anilines is 1. The molecule has 0 saturated carbocycles. The van der Waals surface area contributed by atoms with Gasteiger partial charge in [0.25, 0.3) is 11.8 Å². The molecule has 1 heterocycles. The van der Waals surface area contributed by atoms with E-state index in [0.29, 0.717) is 30.8 Å². The standard InChI is InChI=1S/C28H28N2O3/c1-4-29(23-8-6-5-7-9-23)26-25(22-14-10-20(2)11-15-22)27(31)30(28(26)32)19-18-21-12-16-24(33-3)17-13-21/h5-17H,4,18-19H2,1-3H3. The summed E-state index contributed by atoms with van der Waals surface area (Å²) in [6.45, 7) is 4.88. The number of carbonyl (C=O) groups excluding carboxylic acids is 2. The van der Waals surface area contributed by atoms with Crippen molar-refractivity contribution in [1.29, 1.82) is 0 Å². The summed E-state index contributed by atoms with van der Waals surface area (Å²) >= 11 is 0. The Bertz CT molecular complexity index is 1170. The maximum Gasteiger partial charge on any atom is 0.278 e. The molecule has 5 heteroatoms. The predicted octanol–water partition coefficient (Wildman–Crippen LogP) is 4.85. The molecule has 0 aromatic heterocycles. The molecular weight excluding hydrogens is 412 g/mol. The summed E-state index contributed by atoms with van der Waals surface area (Å²) in [6.07, 6.45) is 0.577. The van der Waals surface area contributed by atoms with Crippen LogP contribution in [0.1, 0.15) is 23.6 Å². The van der Waals surface area contributed by atoms with E-state index < -0.39 is 0 Å². The third-order valence-corrected chi connectivity index (χ3v) is 5.92. The minimum absolute atomic E-state index is 0.248. The zero-order chi connectivity index (χ0) is 23.4. The van der Waals surface area contributed by atoms with Crippen LogP contribution in [-0.2, 0) is 16.0 Å². The number of aryl methyl sites for hydroxylation is 1. The molecule has 0 spiro atoms. The van der Waals surface area contributed by atoms with E-state index in [1.165, 1.54) is 4.90 Å². The van der Waals surface area contributed by atoms with Crippen LogP contribution in [0.2, 0.25) is 0 Å². The van der Waals surface area contributed by atoms with Crippen molar-refractivity contribution >= 4 is 23.1 Å². The van der Waals surface area contributed by atoms with Gasteiger partial charge in [-0.1, -0.05) is 60.2 Å². The highest BCUT2D eigenvalue weighted by Gasteiger charge is 2.41. The number of hydrogen-bond acceptors (Lipinski definition) is 4. The number of nitrogens with zero attached hydrogens (tertiary/aromatic N) is 2. The molecule has 0 radical (unpaired) electrons. The van der Waals surface area contributed by atoms with E-state index in [0.717, 1.165) is 28.1 Å². The lowest BCUT2D eigenvalue weighted by Gasteiger charge is -2.25. The molecule has 33 heavy (non-hydrogen) atoms. The number of carbonyl (C=O) groups is 2. The van der Waals surface area contributed by atoms with Crippen molar-refractivity contribution < 1.29 is 14.3 Å². The van der Waals surface area contributed by atoms with Crippen molar-refractivity contribution in [1.82, 2.24) is 4.90 Å². The molecule has 0 unspecified atom stereocenters. The molecule has 0 saturated heterocycles. The average molecular weight is 441 g/mol. The van der Waals surface area contributed by atoms with E-state index in [4.69, 9.17) is 4.74 Å². The molecule has 2 amide bonds. The van der Waals surface area contributed by atoms with Crippen molar-refractivity contribution in [2.24, 2.45) is 0 Å². The van der Waals surface area contributed by atoms with E-state index in [1.807, 2.05) is 97.6 Å². The van der Waals surface area contributed by atoms with Gasteiger partial charge in [0.2, 0.25) is 0 Å². The van der Waals surface area contributed by atoms with Gasteiger partial charge in [-0.2, -0.15) is 0 Å². The lowest BCUT2D eigenvalue weighted by molar-refractivity contribution is -0.136. The van der Waals surface area contributed by atoms with Gasteiger partial charge in [-0.25, -0.2) is 0 Å². The number of rotatable bonds is 8. The Morgan fingerprint density at radius 2 is 1.52 bits per heavy atom. The number of benzene rings is 3. The van der Waals surface area contributed by atoms with Crippen molar-refractivity contribution in [3.05, 3.63) is 101 Å². The highest BCUT2D eigenvalue weighted by molar-refractivity contribution is 6.36. The highest BCUT2D eigenvalue weighted by atomic mass is 16.5. The molecule has 1 aliphatic rings. The molecule has 0 atom stereocenters. The van der Waals surface area contributed by atoms with Crippen LogP contribution >= 0.6 is 0 Å². The highest BCUT2D eigenvalue weighted by Crippen LogP contribution is 2.34. The van der Waals surface area contributed by atoms with E-state index in [-0.39, 0.29) is 11.8 Å². The number of para-hydroxylation sites is 1. The smallest absolute Gasteiger partial charge is 0.278 e. The van der Waals surface area contributed by atoms with Crippen LogP contribution in [0.15, 0.2) is 84.6 Å². The van der Waals surface area contributed by atoms with Crippen LogP contribution in [0, 0.1) is 6.92 Å². The minimum atomic E-state index is -0.255. The van der Waals surface area contributed by atoms with Gasteiger partial charge in [0.05, 0.1) is 12.7 Å². The van der Waals surface area contributed by atoms with Crippen molar-refractivity contribution in [3.63, 3.8) is 0 Å². The largest absolute Gasteiger partial charge is 0.497 e. The predicted molar refractivity (Wildman–Crippen MR) is 131 cm³/mol. The van der Waals surface area contributed by atoms with Crippen molar-refractivity contribution in [2.45, 2.75) is 20.3 Å². The molecule has 0 aliphatic carbocycles. The third kappa shape index (κ3) is 4.53. The fraction of sp³-hybridized carbons (Fsp3) is 0.214. The first-order valence-electron chi connectivity index (χ1n) is 11.2. The lowest BCUT2D eigenvalue weighted by Crippen LogP contribution is -2.36. The third-order valence-electron chi connectivity index (χ3n) is 5.92. The van der Waals surface area contributed by atoms with E-state index in [9.17, 15) is 9.59 Å². The second kappa shape index (κ2) is 9.74. The fourth-order valence-corrected chi connectivity index (χ4v) is 4.11. The maximum atomic E-state index is 13.6. The molecule has 0 fully saturated rings. The van der Waals surface area contributed by atoms with Crippen LogP contribution in [-0.4, -0.2) is 36.9 Å². The second-order valence-corrected chi connectivity index (χ2v) is 8.03. The lowest BCUT2D eigenvalue weighted by atomic mass is 10.0. The number of imide groups is 1. The Balaban J connectivity index is 1.69. The zero-order valence-corrected chi connectivity index (χ0v) is 19.2. The van der Waals surface area contributed by atoms with E-state index in [1.54, 1.807) is 7.11 Å². The summed E-state index contributed by atoms with van der Waals surface area (Å²) in [5.74, 6) is 0.274. The molecule has 0 bridgehead atoms. The summed E-state index contributed by atoms with van der Waals surface area (Å²) in [4.78, 5) is 30.5. The molecule has 3 aromatic carbocycles. The quantitative estimate of drug-likeness (QED) is 0.470. The number of ether oxygens (including phenoxy) is 1. The van der Waals surface area contributed by atoms with Gasteiger partial charge in [-0.15, -0.1) is 0 Å². The zero-order valence-electron chi connectivity index (χ0n) is 19.2. The normalized spacial score (nSPS) is 13.6. The minimum Gasteiger partial charge on any atom is -0.497 e. The summed E-state index contributed by atoms with van der Waals surface area (Å²) in [5, 5.41) is 0. The summed E-state index contributed by atoms with van der Waals surface area (Å²) in [7, 11) is 1.63. The SMILES string of the molecule is CCN(C1=C(c2ccc(C)cc2)C(=O)N(CCc2ccc(OC)cc2)C1=O)c1ccccc1. The molecule has 1 aliphatic heterocycles. The molecule has 5 nitrogen and oxygen atoms in total. The Kier molecular flexibility index (Phi) is 6.59. The molecule has 4 rings (SSSR count). The van der Waals surface area contributed by atoms with Crippen LogP contribution < -0.4 is 9.64 Å². The Hall–Kier alpha value is -3.86. The maximum absolute atomic E-state index is 13.6. The Morgan fingerprint density at radius 1 is 0.848 bits per heavy atom. The number of amides is 2. The van der Waals surface area contributed by atoms with Gasteiger partial charge in [-0.3, -0.25) is 14.5 Å². The summed E-state index contributed by atoms with van der Waals surface area (Å²) in [6, 6.07) is 25.2. The number of likely N-dealkylation sites (N-methyl/N-ethyl adjacent to an activating group) is 1. The summed E-state index contributed by atoms with van der Waals surface area (Å²) in [5.41, 5.74) is 4.68. The monoisotopic (exact) mass is 440 g/mol. The van der Waals surface area contributed by atoms with Crippen LogP contribution in [0.4, 0.5) is 5.69 Å². The summed E-state index contributed by atoms with van der Waals surface area (Å²) < 4.78 is 5.22. The first-order valence-corrected chi connectivity index (χ1v) is 11.2. The average Bonchev–Trinajstić information content (AvgIpc) is 3.09. The molecule has 3 aromatic rings. The molecule has 168 valence electrons. The Morgan fingerprint density at radius 3 is 2.12 bits per heavy atom. The van der Waals surface area contributed by atoms with Gasteiger partial charge >= 0.3 is 0 Å². The fourth-order valence-electron chi connectivity index (χ4n) is 4.11. The first-order chi connectivity index (χ1) is 16.0. The van der Waals surface area contributed by atoms with Gasteiger partial charge < -0.3 is 9.64 Å². The number of hydrogen-bond donors (Lipinski definition) is 0. The van der Waals surface area contributed by atoms with Crippen LogP contribution in [0.5, 0.6) is 5.75 Å². The molecule has 0 N–H and O–H groups in total. The topological polar surface area (TPSA) is 49.9 Å². The second-order valence-electron chi connectivity index (χ2n) is 8.03. The van der Waals surface area contributed by atoms with Gasteiger partial charge in [0.15, 0.2) is 0 Å². The van der Waals surface area contributed by atoms with Crippen molar-refractivity contribution in [2.75, 3.05) is 25.1 Å². The number of methoxy groups -OCH3 is 1. The van der Waals surface area contributed by atoms with Gasteiger partial charge in [0.1, 0.15) is 11.4 Å². The van der Waals surface area contributed by atoms with Crippen LogP contribution in [0.3, 0.4) is 0 Å². The molecular formula is C28H28N2O3. The van der Waals surface area contributed by atoms with Gasteiger partial charge in [-0.05, 0) is 55.7 Å². The van der Waals surface area contributed by atoms with E-state index in [2.05, 4.69) is 0 Å². The van der Waals surface area contributed by atoms with E-state index >= 15 is 0 Å². The Labute approximate surface area is 194 Å². The van der Waals surface area contributed by atoms with Crippen molar-refractivity contribution in [3.8, 4) is 5.75 Å². The first kappa shape index (κ1) is 22.3.